The molecule has 1 unspecified atom stereocenters. The van der Waals surface area contributed by atoms with Gasteiger partial charge in [-0.2, -0.15) is 10.4 Å². The largest absolute Gasteiger partial charge is 0.393 e. The number of ether oxygens (including phenoxy) is 1. The third-order valence-electron chi connectivity index (χ3n) is 7.02. The molecule has 4 heterocycles. The molecule has 176 valence electrons. The summed E-state index contributed by atoms with van der Waals surface area (Å²) >= 11 is 0. The third-order valence-corrected chi connectivity index (χ3v) is 7.02. The van der Waals surface area contributed by atoms with Crippen LogP contribution in [0.3, 0.4) is 0 Å². The molecule has 0 saturated carbocycles. The van der Waals surface area contributed by atoms with Crippen molar-refractivity contribution in [1.29, 1.82) is 10.7 Å². The van der Waals surface area contributed by atoms with Crippen LogP contribution in [-0.2, 0) is 28.9 Å². The molecule has 1 aromatic heterocycles. The zero-order valence-electron chi connectivity index (χ0n) is 19.6. The molecule has 9 heteroatoms. The van der Waals surface area contributed by atoms with Crippen molar-refractivity contribution in [3.63, 3.8) is 0 Å². The first-order chi connectivity index (χ1) is 16.5. The van der Waals surface area contributed by atoms with Crippen LogP contribution in [0.5, 0.6) is 0 Å². The summed E-state index contributed by atoms with van der Waals surface area (Å²) in [4.78, 5) is 16.3. The van der Waals surface area contributed by atoms with Gasteiger partial charge in [-0.1, -0.05) is 0 Å². The van der Waals surface area contributed by atoms with Crippen LogP contribution in [0, 0.1) is 16.7 Å². The average Bonchev–Trinajstić information content (AvgIpc) is 3.59. The second kappa shape index (κ2) is 8.95. The van der Waals surface area contributed by atoms with E-state index >= 15 is 0 Å². The number of hydrogen-bond acceptors (Lipinski definition) is 7. The number of carbonyl (C=O) groups is 1. The molecule has 0 bridgehead atoms. The van der Waals surface area contributed by atoms with Crippen molar-refractivity contribution < 1.29 is 9.53 Å². The average molecular weight is 460 g/mol. The minimum absolute atomic E-state index is 0.0733. The Kier molecular flexibility index (Phi) is 5.84. The van der Waals surface area contributed by atoms with E-state index in [4.69, 9.17) is 15.2 Å². The number of fused-ring (bicyclic) bond motifs is 2. The fourth-order valence-electron chi connectivity index (χ4n) is 5.27. The molecule has 1 atom stereocenters. The summed E-state index contributed by atoms with van der Waals surface area (Å²) in [7, 11) is 1.78. The van der Waals surface area contributed by atoms with Gasteiger partial charge in [0, 0.05) is 80.6 Å². The van der Waals surface area contributed by atoms with Crippen LogP contribution in [-0.4, -0.2) is 60.2 Å². The lowest BCUT2D eigenvalue weighted by Crippen LogP contribution is -2.35. The van der Waals surface area contributed by atoms with Gasteiger partial charge in [0.2, 0.25) is 5.91 Å². The Morgan fingerprint density at radius 2 is 2.21 bits per heavy atom. The lowest BCUT2D eigenvalue weighted by molar-refractivity contribution is -0.129. The smallest absolute Gasteiger partial charge is 0.219 e. The number of nitriles is 1. The molecule has 3 aliphatic rings. The highest BCUT2D eigenvalue weighted by Gasteiger charge is 2.34. The molecule has 0 aliphatic carbocycles. The van der Waals surface area contributed by atoms with Crippen LogP contribution >= 0.6 is 0 Å². The summed E-state index contributed by atoms with van der Waals surface area (Å²) in [6.45, 7) is 5.02. The highest BCUT2D eigenvalue weighted by Crippen LogP contribution is 2.41. The van der Waals surface area contributed by atoms with E-state index in [0.717, 1.165) is 60.6 Å². The molecule has 0 radical (unpaired) electrons. The first kappa shape index (κ1) is 22.2. The first-order valence-electron chi connectivity index (χ1n) is 11.7. The molecule has 2 N–H and O–H groups in total. The van der Waals surface area contributed by atoms with Crippen molar-refractivity contribution in [2.45, 2.75) is 38.8 Å². The topological polar surface area (TPSA) is 110 Å². The van der Waals surface area contributed by atoms with E-state index in [1.807, 2.05) is 17.0 Å². The van der Waals surface area contributed by atoms with E-state index in [2.05, 4.69) is 21.0 Å². The lowest BCUT2D eigenvalue weighted by atomic mass is 9.97. The number of amides is 1. The molecule has 34 heavy (non-hydrogen) atoms. The van der Waals surface area contributed by atoms with Gasteiger partial charge in [0.25, 0.3) is 0 Å². The Morgan fingerprint density at radius 3 is 2.88 bits per heavy atom. The van der Waals surface area contributed by atoms with Crippen LogP contribution < -0.4 is 10.2 Å². The number of rotatable bonds is 5. The minimum atomic E-state index is 0.0733. The fraction of sp³-hybridized carbons (Fsp3) is 0.440. The van der Waals surface area contributed by atoms with Gasteiger partial charge < -0.3 is 25.3 Å². The molecule has 1 amide bonds. The number of carbonyl (C=O) groups excluding carboxylic acids is 1. The molecule has 9 nitrogen and oxygen atoms in total. The second-order valence-corrected chi connectivity index (χ2v) is 8.97. The van der Waals surface area contributed by atoms with Gasteiger partial charge in [-0.3, -0.25) is 9.48 Å². The maximum Gasteiger partial charge on any atom is 0.219 e. The summed E-state index contributed by atoms with van der Waals surface area (Å²) in [5.41, 5.74) is 6.33. The maximum atomic E-state index is 12.2. The lowest BCUT2D eigenvalue weighted by Gasteiger charge is -2.28. The Morgan fingerprint density at radius 1 is 1.35 bits per heavy atom. The molecule has 2 aromatic rings. The molecular formula is C25H29N7O2. The van der Waals surface area contributed by atoms with Gasteiger partial charge in [0.1, 0.15) is 0 Å². The van der Waals surface area contributed by atoms with Crippen molar-refractivity contribution >= 4 is 29.2 Å². The molecule has 3 aliphatic heterocycles. The normalized spacial score (nSPS) is 19.6. The molecular weight excluding hydrogens is 430 g/mol. The third kappa shape index (κ3) is 3.64. The van der Waals surface area contributed by atoms with E-state index < -0.39 is 0 Å². The van der Waals surface area contributed by atoms with Gasteiger partial charge >= 0.3 is 0 Å². The molecule has 0 spiro atoms. The van der Waals surface area contributed by atoms with Crippen LogP contribution in [0.2, 0.25) is 0 Å². The summed E-state index contributed by atoms with van der Waals surface area (Å²) in [6, 6.07) is 6.45. The standard InChI is InChI=1S/C25H29N7O2/c1-16(33)30-6-4-23-22(14-30)25(29-32(23)20-5-8-34-15-20)31-7-3-17-9-18(11-26)21(10-24(17)31)19(12-27)13-28-2/h9-10,12-13,20,27-28H,3-8,14-15H2,1-2H3/b19-13+,27-12?. The van der Waals surface area contributed by atoms with Crippen LogP contribution in [0.25, 0.3) is 5.57 Å². The Balaban J connectivity index is 1.62. The minimum Gasteiger partial charge on any atom is -0.393 e. The number of aromatic nitrogens is 2. The Bertz CT molecular complexity index is 1220. The zero-order chi connectivity index (χ0) is 23.8. The number of benzene rings is 1. The Hall–Kier alpha value is -3.64. The summed E-state index contributed by atoms with van der Waals surface area (Å²) in [5.74, 6) is 0.959. The SMILES string of the molecule is CN/C=C(\C=N)c1cc2c(cc1C#N)CCN2c1nn(C2CCOC2)c2c1CN(C(C)=O)CC2. The van der Waals surface area contributed by atoms with E-state index in [9.17, 15) is 10.1 Å². The highest BCUT2D eigenvalue weighted by molar-refractivity contribution is 6.09. The number of nitrogens with one attached hydrogen (secondary N) is 2. The second-order valence-electron chi connectivity index (χ2n) is 8.97. The molecule has 1 fully saturated rings. The van der Waals surface area contributed by atoms with Crippen molar-refractivity contribution in [2.75, 3.05) is 38.3 Å². The molecule has 1 saturated heterocycles. The van der Waals surface area contributed by atoms with Crippen molar-refractivity contribution in [1.82, 2.24) is 20.0 Å². The number of hydrogen-bond donors (Lipinski definition) is 2. The highest BCUT2D eigenvalue weighted by atomic mass is 16.5. The quantitative estimate of drug-likeness (QED) is 0.665. The maximum absolute atomic E-state index is 12.2. The predicted molar refractivity (Wildman–Crippen MR) is 129 cm³/mol. The number of allylic oxidation sites excluding steroid dienone is 1. The fourth-order valence-corrected chi connectivity index (χ4v) is 5.27. The van der Waals surface area contributed by atoms with E-state index in [0.29, 0.717) is 30.8 Å². The summed E-state index contributed by atoms with van der Waals surface area (Å²) in [5, 5.41) is 25.7. The van der Waals surface area contributed by atoms with E-state index in [1.165, 1.54) is 11.9 Å². The molecule has 5 rings (SSSR count). The van der Waals surface area contributed by atoms with Gasteiger partial charge in [-0.25, -0.2) is 0 Å². The summed E-state index contributed by atoms with van der Waals surface area (Å²) in [6.07, 6.45) is 5.52. The van der Waals surface area contributed by atoms with E-state index in [-0.39, 0.29) is 11.9 Å². The Labute approximate surface area is 199 Å². The van der Waals surface area contributed by atoms with Crippen molar-refractivity contribution in [3.8, 4) is 6.07 Å². The van der Waals surface area contributed by atoms with Gasteiger partial charge in [-0.15, -0.1) is 0 Å². The number of anilines is 2. The number of nitrogens with zero attached hydrogens (tertiary/aromatic N) is 5. The summed E-state index contributed by atoms with van der Waals surface area (Å²) < 4.78 is 7.79. The predicted octanol–water partition coefficient (Wildman–Crippen LogP) is 2.52. The van der Waals surface area contributed by atoms with Crippen molar-refractivity contribution in [3.05, 3.63) is 46.3 Å². The van der Waals surface area contributed by atoms with Gasteiger partial charge in [0.15, 0.2) is 5.82 Å². The van der Waals surface area contributed by atoms with Crippen LogP contribution in [0.4, 0.5) is 11.5 Å². The van der Waals surface area contributed by atoms with Crippen LogP contribution in [0.15, 0.2) is 18.3 Å². The van der Waals surface area contributed by atoms with Crippen molar-refractivity contribution in [2.24, 2.45) is 0 Å². The first-order valence-corrected chi connectivity index (χ1v) is 11.7. The van der Waals surface area contributed by atoms with Gasteiger partial charge in [0.05, 0.1) is 30.8 Å². The van der Waals surface area contributed by atoms with Crippen LogP contribution in [0.1, 0.15) is 47.3 Å². The van der Waals surface area contributed by atoms with Gasteiger partial charge in [-0.05, 0) is 30.5 Å². The monoisotopic (exact) mass is 459 g/mol. The molecule has 1 aromatic carbocycles. The zero-order valence-corrected chi connectivity index (χ0v) is 19.6. The van der Waals surface area contributed by atoms with E-state index in [1.54, 1.807) is 20.2 Å².